The van der Waals surface area contributed by atoms with Gasteiger partial charge >= 0.3 is 5.97 Å². The minimum atomic E-state index is -1.03. The van der Waals surface area contributed by atoms with Crippen LogP contribution in [0.1, 0.15) is 11.1 Å². The summed E-state index contributed by atoms with van der Waals surface area (Å²) < 4.78 is 6.56. The number of benzene rings is 2. The van der Waals surface area contributed by atoms with Crippen molar-refractivity contribution in [1.82, 2.24) is 0 Å². The molecule has 0 amide bonds. The maximum Gasteiger partial charge on any atom is 0.328 e. The third kappa shape index (κ3) is 4.20. The molecule has 0 unspecified atom stereocenters. The fourth-order valence-corrected chi connectivity index (χ4v) is 1.96. The number of ether oxygens (including phenoxy) is 1. The van der Waals surface area contributed by atoms with Gasteiger partial charge in [-0.05, 0) is 42.5 Å². The highest BCUT2D eigenvalue weighted by Gasteiger charge is 2.05. The molecule has 0 aromatic heterocycles. The van der Waals surface area contributed by atoms with Crippen molar-refractivity contribution in [2.45, 2.75) is 0 Å². The maximum absolute atomic E-state index is 10.6. The van der Waals surface area contributed by atoms with Crippen molar-refractivity contribution in [2.75, 3.05) is 0 Å². The van der Waals surface area contributed by atoms with Crippen molar-refractivity contribution >= 4 is 28.0 Å². The molecule has 0 saturated heterocycles. The molecule has 0 fully saturated rings. The van der Waals surface area contributed by atoms with Gasteiger partial charge < -0.3 is 9.84 Å². The fourth-order valence-electron chi connectivity index (χ4n) is 1.62. The van der Waals surface area contributed by atoms with E-state index in [1.54, 1.807) is 42.5 Å². The summed E-state index contributed by atoms with van der Waals surface area (Å²) in [4.78, 5) is 10.6. The Kier molecular flexibility index (Phi) is 4.75. The average molecular weight is 344 g/mol. The summed E-state index contributed by atoms with van der Waals surface area (Å²) in [5, 5.41) is 17.5. The molecular formula is C16H10BrNO3. The molecule has 0 aliphatic rings. The van der Waals surface area contributed by atoms with E-state index in [1.807, 2.05) is 6.07 Å². The van der Waals surface area contributed by atoms with Crippen molar-refractivity contribution in [3.8, 4) is 17.6 Å². The van der Waals surface area contributed by atoms with E-state index in [0.717, 1.165) is 10.5 Å². The van der Waals surface area contributed by atoms with E-state index >= 15 is 0 Å². The summed E-state index contributed by atoms with van der Waals surface area (Å²) in [6, 6.07) is 14.0. The van der Waals surface area contributed by atoms with Crippen LogP contribution in [-0.2, 0) is 4.79 Å². The van der Waals surface area contributed by atoms with Crippen LogP contribution >= 0.6 is 15.9 Å². The quantitative estimate of drug-likeness (QED) is 0.844. The van der Waals surface area contributed by atoms with Gasteiger partial charge in [0.1, 0.15) is 11.5 Å². The predicted octanol–water partition coefficient (Wildman–Crippen LogP) is 4.21. The second kappa shape index (κ2) is 6.73. The van der Waals surface area contributed by atoms with Crippen LogP contribution in [0.2, 0.25) is 0 Å². The zero-order chi connectivity index (χ0) is 15.2. The zero-order valence-electron chi connectivity index (χ0n) is 10.8. The Hall–Kier alpha value is -2.58. The van der Waals surface area contributed by atoms with Gasteiger partial charge in [0.25, 0.3) is 0 Å². The van der Waals surface area contributed by atoms with Gasteiger partial charge in [-0.3, -0.25) is 0 Å². The van der Waals surface area contributed by atoms with Crippen LogP contribution in [0, 0.1) is 11.3 Å². The molecule has 2 rings (SSSR count). The molecule has 1 N–H and O–H groups in total. The highest BCUT2D eigenvalue weighted by atomic mass is 79.9. The standard InChI is InChI=1S/C16H10BrNO3/c17-13-5-3-12(4-8-16(19)20)15(9-13)21-14-6-1-11(10-18)2-7-14/h1-9H,(H,19,20)/b8-4+. The highest BCUT2D eigenvalue weighted by Crippen LogP contribution is 2.29. The Morgan fingerprint density at radius 1 is 1.24 bits per heavy atom. The number of carbonyl (C=O) groups is 1. The topological polar surface area (TPSA) is 70.3 Å². The Morgan fingerprint density at radius 3 is 2.57 bits per heavy atom. The highest BCUT2D eigenvalue weighted by molar-refractivity contribution is 9.10. The van der Waals surface area contributed by atoms with Crippen LogP contribution in [0.15, 0.2) is 53.0 Å². The Balaban J connectivity index is 2.31. The van der Waals surface area contributed by atoms with E-state index in [-0.39, 0.29) is 0 Å². The SMILES string of the molecule is N#Cc1ccc(Oc2cc(Br)ccc2/C=C/C(=O)O)cc1. The maximum atomic E-state index is 10.6. The first-order valence-corrected chi connectivity index (χ1v) is 6.76. The third-order valence-corrected chi connectivity index (χ3v) is 3.09. The number of halogens is 1. The molecule has 0 saturated carbocycles. The molecule has 2 aromatic rings. The number of hydrogen-bond donors (Lipinski definition) is 1. The van der Waals surface area contributed by atoms with E-state index < -0.39 is 5.97 Å². The molecule has 5 heteroatoms. The second-order valence-electron chi connectivity index (χ2n) is 4.09. The number of aliphatic carboxylic acids is 1. The zero-order valence-corrected chi connectivity index (χ0v) is 12.4. The van der Waals surface area contributed by atoms with E-state index in [2.05, 4.69) is 15.9 Å². The normalized spacial score (nSPS) is 10.3. The van der Waals surface area contributed by atoms with Gasteiger partial charge in [-0.25, -0.2) is 4.79 Å². The van der Waals surface area contributed by atoms with E-state index in [0.29, 0.717) is 22.6 Å². The molecule has 0 aliphatic heterocycles. The monoisotopic (exact) mass is 343 g/mol. The van der Waals surface area contributed by atoms with Gasteiger partial charge in [0.15, 0.2) is 0 Å². The number of hydrogen-bond acceptors (Lipinski definition) is 3. The third-order valence-electron chi connectivity index (χ3n) is 2.59. The number of nitriles is 1. The lowest BCUT2D eigenvalue weighted by molar-refractivity contribution is -0.131. The average Bonchev–Trinajstić information content (AvgIpc) is 2.47. The molecular weight excluding hydrogens is 334 g/mol. The molecule has 104 valence electrons. The van der Waals surface area contributed by atoms with Crippen LogP contribution in [0.25, 0.3) is 6.08 Å². The van der Waals surface area contributed by atoms with Crippen LogP contribution < -0.4 is 4.74 Å². The molecule has 4 nitrogen and oxygen atoms in total. The molecule has 21 heavy (non-hydrogen) atoms. The largest absolute Gasteiger partial charge is 0.478 e. The summed E-state index contributed by atoms with van der Waals surface area (Å²) in [6.07, 6.45) is 2.52. The molecule has 0 spiro atoms. The minimum absolute atomic E-state index is 0.520. The molecule has 0 radical (unpaired) electrons. The predicted molar refractivity (Wildman–Crippen MR) is 82.0 cm³/mol. The molecule has 0 aliphatic carbocycles. The van der Waals surface area contributed by atoms with Crippen molar-refractivity contribution in [2.24, 2.45) is 0 Å². The fraction of sp³-hybridized carbons (Fsp3) is 0. The van der Waals surface area contributed by atoms with Gasteiger partial charge in [0.2, 0.25) is 0 Å². The Labute approximate surface area is 130 Å². The summed E-state index contributed by atoms with van der Waals surface area (Å²) >= 11 is 3.35. The van der Waals surface area contributed by atoms with Gasteiger partial charge in [-0.2, -0.15) is 5.26 Å². The molecule has 0 bridgehead atoms. The minimum Gasteiger partial charge on any atom is -0.478 e. The summed E-state index contributed by atoms with van der Waals surface area (Å²) in [7, 11) is 0. The van der Waals surface area contributed by atoms with Gasteiger partial charge in [0, 0.05) is 16.1 Å². The Morgan fingerprint density at radius 2 is 1.95 bits per heavy atom. The lowest BCUT2D eigenvalue weighted by Gasteiger charge is -2.09. The van der Waals surface area contributed by atoms with E-state index in [4.69, 9.17) is 15.1 Å². The molecule has 0 atom stereocenters. The number of nitrogens with zero attached hydrogens (tertiary/aromatic N) is 1. The van der Waals surface area contributed by atoms with Gasteiger partial charge in [-0.15, -0.1) is 0 Å². The lowest BCUT2D eigenvalue weighted by Crippen LogP contribution is -1.90. The lowest BCUT2D eigenvalue weighted by atomic mass is 10.2. The van der Waals surface area contributed by atoms with Gasteiger partial charge in [-0.1, -0.05) is 22.0 Å². The van der Waals surface area contributed by atoms with Crippen molar-refractivity contribution in [1.29, 1.82) is 5.26 Å². The summed E-state index contributed by atoms with van der Waals surface area (Å²) in [5.41, 5.74) is 1.19. The van der Waals surface area contributed by atoms with Crippen LogP contribution in [-0.4, -0.2) is 11.1 Å². The Bertz CT molecular complexity index is 730. The van der Waals surface area contributed by atoms with Crippen molar-refractivity contribution < 1.29 is 14.6 Å². The summed E-state index contributed by atoms with van der Waals surface area (Å²) in [6.45, 7) is 0. The first-order chi connectivity index (χ1) is 10.1. The van der Waals surface area contributed by atoms with Gasteiger partial charge in [0.05, 0.1) is 11.6 Å². The van der Waals surface area contributed by atoms with Crippen LogP contribution in [0.4, 0.5) is 0 Å². The number of carboxylic acids is 1. The molecule has 2 aromatic carbocycles. The number of carboxylic acid groups (broad SMARTS) is 1. The smallest absolute Gasteiger partial charge is 0.328 e. The molecule has 0 heterocycles. The van der Waals surface area contributed by atoms with E-state index in [1.165, 1.54) is 6.08 Å². The van der Waals surface area contributed by atoms with Crippen molar-refractivity contribution in [3.63, 3.8) is 0 Å². The van der Waals surface area contributed by atoms with Crippen LogP contribution in [0.3, 0.4) is 0 Å². The second-order valence-corrected chi connectivity index (χ2v) is 5.01. The number of rotatable bonds is 4. The van der Waals surface area contributed by atoms with Crippen molar-refractivity contribution in [3.05, 3.63) is 64.1 Å². The summed E-state index contributed by atoms with van der Waals surface area (Å²) in [5.74, 6) is 0.0610. The van der Waals surface area contributed by atoms with Crippen LogP contribution in [0.5, 0.6) is 11.5 Å². The first-order valence-electron chi connectivity index (χ1n) is 5.97. The first kappa shape index (κ1) is 14.8. The van der Waals surface area contributed by atoms with E-state index in [9.17, 15) is 4.79 Å².